The fourth-order valence-corrected chi connectivity index (χ4v) is 6.32. The Bertz CT molecular complexity index is 881. The van der Waals surface area contributed by atoms with Gasteiger partial charge in [0.15, 0.2) is 0 Å². The minimum Gasteiger partial charge on any atom is -0.323 e. The van der Waals surface area contributed by atoms with Crippen LogP contribution in [0.5, 0.6) is 0 Å². The summed E-state index contributed by atoms with van der Waals surface area (Å²) < 4.78 is 29.1. The second kappa shape index (κ2) is 7.70. The number of hydrogen-bond acceptors (Lipinski definition) is 4. The monoisotopic (exact) mass is 420 g/mol. The van der Waals surface area contributed by atoms with Gasteiger partial charge < -0.3 is 5.32 Å². The van der Waals surface area contributed by atoms with Crippen molar-refractivity contribution in [1.29, 1.82) is 0 Å². The third-order valence-corrected chi connectivity index (χ3v) is 8.28. The van der Waals surface area contributed by atoms with Crippen molar-refractivity contribution in [3.8, 4) is 0 Å². The van der Waals surface area contributed by atoms with E-state index in [1.54, 1.807) is 4.31 Å². The fraction of sp³-hybridized carbons (Fsp3) is 0.600. The van der Waals surface area contributed by atoms with Crippen LogP contribution < -0.4 is 5.32 Å². The van der Waals surface area contributed by atoms with E-state index in [9.17, 15) is 18.0 Å². The number of rotatable bonds is 4. The predicted molar refractivity (Wildman–Crippen MR) is 108 cm³/mol. The van der Waals surface area contributed by atoms with E-state index in [0.717, 1.165) is 18.4 Å². The predicted octanol–water partition coefficient (Wildman–Crippen LogP) is 1.55. The Morgan fingerprint density at radius 3 is 2.41 bits per heavy atom. The number of nitrogens with zero attached hydrogens (tertiary/aromatic N) is 3. The third-order valence-electron chi connectivity index (χ3n) is 6.28. The average Bonchev–Trinajstić information content (AvgIpc) is 2.93. The fourth-order valence-electron chi connectivity index (χ4n) is 4.54. The Labute approximate surface area is 172 Å². The van der Waals surface area contributed by atoms with Crippen LogP contribution >= 0.6 is 0 Å². The molecule has 8 nitrogen and oxygen atoms in total. The number of imide groups is 1. The molecule has 3 aliphatic rings. The molecule has 3 aliphatic heterocycles. The van der Waals surface area contributed by atoms with E-state index >= 15 is 0 Å². The smallest absolute Gasteiger partial charge is 0.323 e. The van der Waals surface area contributed by atoms with E-state index < -0.39 is 21.8 Å². The number of carbonyl (C=O) groups is 2. The standard InChI is InChI=1S/C20H28N4O4S/c1-16-6-5-11-23(14-16)29(27,28)22-12-9-20(10-13-22)18(25)24(19(26)21-20)15-17-7-3-2-4-8-17/h2-4,7-8,16H,5-6,9-15H2,1H3,(H,21,26). The van der Waals surface area contributed by atoms with Gasteiger partial charge in [-0.3, -0.25) is 9.69 Å². The van der Waals surface area contributed by atoms with Gasteiger partial charge in [0.2, 0.25) is 0 Å². The highest BCUT2D eigenvalue weighted by Gasteiger charge is 2.53. The highest BCUT2D eigenvalue weighted by molar-refractivity contribution is 7.86. The van der Waals surface area contributed by atoms with Crippen LogP contribution in [0.3, 0.4) is 0 Å². The SMILES string of the molecule is CC1CCCN(S(=O)(=O)N2CCC3(CC2)NC(=O)N(Cc2ccccc2)C3=O)C1. The van der Waals surface area contributed by atoms with Crippen molar-refractivity contribution in [2.24, 2.45) is 5.92 Å². The van der Waals surface area contributed by atoms with E-state index in [0.29, 0.717) is 31.8 Å². The number of urea groups is 1. The maximum atomic E-state index is 13.1. The quantitative estimate of drug-likeness (QED) is 0.749. The van der Waals surface area contributed by atoms with Gasteiger partial charge in [-0.25, -0.2) is 4.79 Å². The first kappa shape index (κ1) is 20.3. The molecule has 158 valence electrons. The summed E-state index contributed by atoms with van der Waals surface area (Å²) in [5.74, 6) is 0.104. The second-order valence-corrected chi connectivity index (χ2v) is 10.3. The lowest BCUT2D eigenvalue weighted by atomic mass is 9.88. The first-order valence-corrected chi connectivity index (χ1v) is 11.6. The molecule has 1 aromatic rings. The molecular weight excluding hydrogens is 392 g/mol. The van der Waals surface area contributed by atoms with Crippen LogP contribution in [0.4, 0.5) is 4.79 Å². The van der Waals surface area contributed by atoms with Gasteiger partial charge in [0, 0.05) is 26.2 Å². The summed E-state index contributed by atoms with van der Waals surface area (Å²) in [4.78, 5) is 26.8. The maximum absolute atomic E-state index is 13.1. The summed E-state index contributed by atoms with van der Waals surface area (Å²) in [6.07, 6.45) is 2.52. The van der Waals surface area contributed by atoms with Crippen molar-refractivity contribution in [2.75, 3.05) is 26.2 Å². The van der Waals surface area contributed by atoms with Gasteiger partial charge in [0.1, 0.15) is 5.54 Å². The van der Waals surface area contributed by atoms with Crippen LogP contribution in [-0.4, -0.2) is 65.6 Å². The number of hydrogen-bond donors (Lipinski definition) is 1. The van der Waals surface area contributed by atoms with Crippen LogP contribution in [0.2, 0.25) is 0 Å². The Morgan fingerprint density at radius 2 is 1.76 bits per heavy atom. The normalized spacial score (nSPS) is 26.1. The lowest BCUT2D eigenvalue weighted by Gasteiger charge is -2.40. The molecule has 0 aliphatic carbocycles. The molecule has 3 saturated heterocycles. The first-order chi connectivity index (χ1) is 13.8. The van der Waals surface area contributed by atoms with Gasteiger partial charge in [0.25, 0.3) is 16.1 Å². The Kier molecular flexibility index (Phi) is 5.39. The van der Waals surface area contributed by atoms with Gasteiger partial charge in [0.05, 0.1) is 6.54 Å². The summed E-state index contributed by atoms with van der Waals surface area (Å²) >= 11 is 0. The molecule has 1 N–H and O–H groups in total. The molecule has 3 amide bonds. The van der Waals surface area contributed by atoms with Crippen molar-refractivity contribution in [1.82, 2.24) is 18.8 Å². The maximum Gasteiger partial charge on any atom is 0.325 e. The molecule has 0 bridgehead atoms. The summed E-state index contributed by atoms with van der Waals surface area (Å²) in [6.45, 7) is 3.86. The molecule has 0 aromatic heterocycles. The van der Waals surface area contributed by atoms with E-state index in [1.807, 2.05) is 30.3 Å². The van der Waals surface area contributed by atoms with Crippen LogP contribution in [0, 0.1) is 5.92 Å². The van der Waals surface area contributed by atoms with E-state index in [1.165, 1.54) is 9.21 Å². The van der Waals surface area contributed by atoms with Crippen LogP contribution in [-0.2, 0) is 21.5 Å². The van der Waals surface area contributed by atoms with Gasteiger partial charge >= 0.3 is 6.03 Å². The largest absolute Gasteiger partial charge is 0.325 e. The summed E-state index contributed by atoms with van der Waals surface area (Å²) in [5, 5.41) is 2.85. The van der Waals surface area contributed by atoms with Crippen LogP contribution in [0.15, 0.2) is 30.3 Å². The molecule has 9 heteroatoms. The number of piperidine rings is 2. The zero-order valence-electron chi connectivity index (χ0n) is 16.7. The van der Waals surface area contributed by atoms with Gasteiger partial charge in [-0.15, -0.1) is 0 Å². The molecule has 4 rings (SSSR count). The molecule has 1 atom stereocenters. The summed E-state index contributed by atoms with van der Waals surface area (Å²) in [7, 11) is -3.53. The van der Waals surface area contributed by atoms with Gasteiger partial charge in [-0.1, -0.05) is 37.3 Å². The second-order valence-electron chi connectivity index (χ2n) is 8.40. The average molecular weight is 421 g/mol. The molecule has 29 heavy (non-hydrogen) atoms. The number of benzene rings is 1. The Morgan fingerprint density at radius 1 is 1.07 bits per heavy atom. The molecule has 0 radical (unpaired) electrons. The van der Waals surface area contributed by atoms with E-state index in [4.69, 9.17) is 0 Å². The molecule has 1 unspecified atom stereocenters. The van der Waals surface area contributed by atoms with E-state index in [2.05, 4.69) is 12.2 Å². The molecule has 1 aromatic carbocycles. The lowest BCUT2D eigenvalue weighted by molar-refractivity contribution is -0.133. The Hall–Kier alpha value is -1.97. The highest BCUT2D eigenvalue weighted by atomic mass is 32.2. The Balaban J connectivity index is 1.43. The zero-order chi connectivity index (χ0) is 20.6. The summed E-state index contributed by atoms with van der Waals surface area (Å²) in [5.41, 5.74) is -0.111. The van der Waals surface area contributed by atoms with E-state index in [-0.39, 0.29) is 25.5 Å². The molecular formula is C20H28N4O4S. The minimum absolute atomic E-state index is 0.223. The zero-order valence-corrected chi connectivity index (χ0v) is 17.5. The van der Waals surface area contributed by atoms with Gasteiger partial charge in [-0.05, 0) is 37.2 Å². The number of carbonyl (C=O) groups excluding carboxylic acids is 2. The molecule has 3 fully saturated rings. The summed E-state index contributed by atoms with van der Waals surface area (Å²) in [6, 6.07) is 8.97. The topological polar surface area (TPSA) is 90.0 Å². The molecule has 1 spiro atoms. The van der Waals surface area contributed by atoms with Gasteiger partial charge in [-0.2, -0.15) is 17.0 Å². The van der Waals surface area contributed by atoms with Crippen molar-refractivity contribution in [2.45, 2.75) is 44.7 Å². The van der Waals surface area contributed by atoms with Crippen LogP contribution in [0.1, 0.15) is 38.2 Å². The number of nitrogens with one attached hydrogen (secondary N) is 1. The molecule has 0 saturated carbocycles. The number of amides is 3. The first-order valence-electron chi connectivity index (χ1n) is 10.3. The van der Waals surface area contributed by atoms with Crippen molar-refractivity contribution < 1.29 is 18.0 Å². The van der Waals surface area contributed by atoms with Crippen molar-refractivity contribution >= 4 is 22.1 Å². The molecule has 3 heterocycles. The third kappa shape index (κ3) is 3.78. The van der Waals surface area contributed by atoms with Crippen molar-refractivity contribution in [3.05, 3.63) is 35.9 Å². The highest BCUT2D eigenvalue weighted by Crippen LogP contribution is 2.32. The van der Waals surface area contributed by atoms with Crippen molar-refractivity contribution in [3.63, 3.8) is 0 Å². The minimum atomic E-state index is -3.53. The lowest BCUT2D eigenvalue weighted by Crippen LogP contribution is -2.58. The van der Waals surface area contributed by atoms with Crippen LogP contribution in [0.25, 0.3) is 0 Å².